The van der Waals surface area contributed by atoms with Crippen molar-refractivity contribution >= 4 is 11.6 Å². The van der Waals surface area contributed by atoms with Gasteiger partial charge in [0, 0.05) is 38.3 Å². The lowest BCUT2D eigenvalue weighted by Gasteiger charge is -2.27. The maximum absolute atomic E-state index is 12.6. The SMILES string of the molecule is CCCN(CCC)C(=O)CCN(Cc1ccccc1)c1ccccc1. The topological polar surface area (TPSA) is 23.6 Å². The minimum atomic E-state index is 0.262. The number of hydrogen-bond acceptors (Lipinski definition) is 2. The van der Waals surface area contributed by atoms with Crippen LogP contribution in [0.3, 0.4) is 0 Å². The average Bonchev–Trinajstić information content (AvgIpc) is 2.66. The molecule has 2 aromatic rings. The van der Waals surface area contributed by atoms with Crippen LogP contribution >= 0.6 is 0 Å². The second-order valence-corrected chi connectivity index (χ2v) is 6.37. The van der Waals surface area contributed by atoms with E-state index >= 15 is 0 Å². The van der Waals surface area contributed by atoms with Crippen molar-refractivity contribution in [3.63, 3.8) is 0 Å². The van der Waals surface area contributed by atoms with Gasteiger partial charge in [-0.05, 0) is 30.5 Å². The number of benzene rings is 2. The normalized spacial score (nSPS) is 10.5. The van der Waals surface area contributed by atoms with Crippen molar-refractivity contribution in [1.82, 2.24) is 4.90 Å². The second kappa shape index (κ2) is 10.5. The number of carbonyl (C=O) groups excluding carboxylic acids is 1. The number of hydrogen-bond donors (Lipinski definition) is 0. The van der Waals surface area contributed by atoms with Crippen LogP contribution in [0.4, 0.5) is 5.69 Å². The molecule has 3 nitrogen and oxygen atoms in total. The van der Waals surface area contributed by atoms with Gasteiger partial charge in [-0.1, -0.05) is 62.4 Å². The van der Waals surface area contributed by atoms with Crippen molar-refractivity contribution in [1.29, 1.82) is 0 Å². The molecular formula is C22H30N2O. The fourth-order valence-corrected chi connectivity index (χ4v) is 3.03. The highest BCUT2D eigenvalue weighted by atomic mass is 16.2. The minimum Gasteiger partial charge on any atom is -0.367 e. The number of amides is 1. The van der Waals surface area contributed by atoms with Gasteiger partial charge >= 0.3 is 0 Å². The summed E-state index contributed by atoms with van der Waals surface area (Å²) >= 11 is 0. The second-order valence-electron chi connectivity index (χ2n) is 6.37. The van der Waals surface area contributed by atoms with Crippen molar-refractivity contribution in [2.75, 3.05) is 24.5 Å². The van der Waals surface area contributed by atoms with Gasteiger partial charge in [-0.25, -0.2) is 0 Å². The maximum Gasteiger partial charge on any atom is 0.224 e. The standard InChI is InChI=1S/C22H30N2O/c1-3-16-23(17-4-2)22(25)15-18-24(21-13-9-6-10-14-21)19-20-11-7-5-8-12-20/h5-14H,3-4,15-19H2,1-2H3. The largest absolute Gasteiger partial charge is 0.367 e. The molecule has 0 atom stereocenters. The summed E-state index contributed by atoms with van der Waals surface area (Å²) in [4.78, 5) is 16.9. The minimum absolute atomic E-state index is 0.262. The van der Waals surface area contributed by atoms with E-state index in [0.29, 0.717) is 6.42 Å². The average molecular weight is 338 g/mol. The molecule has 0 aliphatic carbocycles. The van der Waals surface area contributed by atoms with E-state index in [0.717, 1.165) is 44.7 Å². The molecule has 1 amide bonds. The lowest BCUT2D eigenvalue weighted by molar-refractivity contribution is -0.131. The van der Waals surface area contributed by atoms with Gasteiger partial charge in [-0.2, -0.15) is 0 Å². The van der Waals surface area contributed by atoms with E-state index in [1.165, 1.54) is 5.56 Å². The zero-order chi connectivity index (χ0) is 17.9. The molecule has 2 rings (SSSR count). The van der Waals surface area contributed by atoms with Crippen LogP contribution in [0.1, 0.15) is 38.7 Å². The summed E-state index contributed by atoms with van der Waals surface area (Å²) in [6.07, 6.45) is 2.58. The number of para-hydroxylation sites is 1. The predicted molar refractivity (Wildman–Crippen MR) is 106 cm³/mol. The van der Waals surface area contributed by atoms with Gasteiger partial charge in [0.2, 0.25) is 5.91 Å². The molecule has 0 fully saturated rings. The maximum atomic E-state index is 12.6. The highest BCUT2D eigenvalue weighted by molar-refractivity contribution is 5.76. The van der Waals surface area contributed by atoms with Crippen molar-refractivity contribution in [2.24, 2.45) is 0 Å². The van der Waals surface area contributed by atoms with Crippen LogP contribution in [0.5, 0.6) is 0 Å². The summed E-state index contributed by atoms with van der Waals surface area (Å²) in [6, 6.07) is 20.8. The Morgan fingerprint density at radius 2 is 1.36 bits per heavy atom. The highest BCUT2D eigenvalue weighted by Gasteiger charge is 2.14. The summed E-state index contributed by atoms with van der Waals surface area (Å²) < 4.78 is 0. The van der Waals surface area contributed by atoms with Crippen LogP contribution < -0.4 is 4.90 Å². The van der Waals surface area contributed by atoms with Gasteiger partial charge in [-0.3, -0.25) is 4.79 Å². The van der Waals surface area contributed by atoms with E-state index in [-0.39, 0.29) is 5.91 Å². The molecule has 0 unspecified atom stereocenters. The van der Waals surface area contributed by atoms with Crippen LogP contribution in [0.15, 0.2) is 60.7 Å². The molecule has 0 bridgehead atoms. The lowest BCUT2D eigenvalue weighted by Crippen LogP contribution is -2.35. The quantitative estimate of drug-likeness (QED) is 0.625. The third-order valence-corrected chi connectivity index (χ3v) is 4.27. The van der Waals surface area contributed by atoms with E-state index in [2.05, 4.69) is 67.3 Å². The Morgan fingerprint density at radius 3 is 1.92 bits per heavy atom. The smallest absolute Gasteiger partial charge is 0.224 e. The fraction of sp³-hybridized carbons (Fsp3) is 0.409. The molecule has 3 heteroatoms. The summed E-state index contributed by atoms with van der Waals surface area (Å²) in [5.41, 5.74) is 2.43. The molecule has 0 N–H and O–H groups in total. The van der Waals surface area contributed by atoms with Crippen molar-refractivity contribution in [3.8, 4) is 0 Å². The molecule has 0 aromatic heterocycles. The zero-order valence-corrected chi connectivity index (χ0v) is 15.5. The highest BCUT2D eigenvalue weighted by Crippen LogP contribution is 2.17. The van der Waals surface area contributed by atoms with Crippen LogP contribution in [-0.2, 0) is 11.3 Å². The number of anilines is 1. The molecule has 0 spiro atoms. The zero-order valence-electron chi connectivity index (χ0n) is 15.5. The van der Waals surface area contributed by atoms with Crippen LogP contribution in [0.25, 0.3) is 0 Å². The molecule has 0 saturated carbocycles. The third-order valence-electron chi connectivity index (χ3n) is 4.27. The summed E-state index contributed by atoms with van der Waals surface area (Å²) in [7, 11) is 0. The van der Waals surface area contributed by atoms with Gasteiger partial charge in [0.1, 0.15) is 0 Å². The predicted octanol–water partition coefficient (Wildman–Crippen LogP) is 4.73. The molecule has 0 saturated heterocycles. The number of rotatable bonds is 10. The molecule has 0 aliphatic heterocycles. The first-order valence-corrected chi connectivity index (χ1v) is 9.36. The van der Waals surface area contributed by atoms with Crippen molar-refractivity contribution in [3.05, 3.63) is 66.2 Å². The summed E-state index contributed by atoms with van der Waals surface area (Å²) in [5.74, 6) is 0.262. The fourth-order valence-electron chi connectivity index (χ4n) is 3.03. The number of nitrogens with zero attached hydrogens (tertiary/aromatic N) is 2. The van der Waals surface area contributed by atoms with Gasteiger partial charge in [0.25, 0.3) is 0 Å². The van der Waals surface area contributed by atoms with E-state index in [9.17, 15) is 4.79 Å². The van der Waals surface area contributed by atoms with E-state index in [1.807, 2.05) is 17.0 Å². The molecule has 25 heavy (non-hydrogen) atoms. The Bertz CT molecular complexity index is 606. The Kier molecular flexibility index (Phi) is 8.03. The van der Waals surface area contributed by atoms with Gasteiger partial charge in [0.05, 0.1) is 0 Å². The van der Waals surface area contributed by atoms with Crippen LogP contribution in [-0.4, -0.2) is 30.4 Å². The van der Waals surface area contributed by atoms with Gasteiger partial charge in [0.15, 0.2) is 0 Å². The van der Waals surface area contributed by atoms with E-state index in [1.54, 1.807) is 0 Å². The Balaban J connectivity index is 2.04. The number of carbonyl (C=O) groups is 1. The molecule has 0 heterocycles. The molecule has 134 valence electrons. The molecule has 0 aliphatic rings. The molecule has 0 radical (unpaired) electrons. The van der Waals surface area contributed by atoms with E-state index in [4.69, 9.17) is 0 Å². The monoisotopic (exact) mass is 338 g/mol. The first kappa shape index (κ1) is 19.0. The molecular weight excluding hydrogens is 308 g/mol. The first-order valence-electron chi connectivity index (χ1n) is 9.36. The van der Waals surface area contributed by atoms with Crippen LogP contribution in [0, 0.1) is 0 Å². The third kappa shape index (κ3) is 6.26. The summed E-state index contributed by atoms with van der Waals surface area (Å²) in [6.45, 7) is 7.53. The first-order chi connectivity index (χ1) is 12.2. The van der Waals surface area contributed by atoms with Crippen molar-refractivity contribution < 1.29 is 4.79 Å². The van der Waals surface area contributed by atoms with Gasteiger partial charge < -0.3 is 9.80 Å². The Hall–Kier alpha value is -2.29. The van der Waals surface area contributed by atoms with Crippen molar-refractivity contribution in [2.45, 2.75) is 39.7 Å². The van der Waals surface area contributed by atoms with Crippen LogP contribution in [0.2, 0.25) is 0 Å². The van der Waals surface area contributed by atoms with E-state index < -0.39 is 0 Å². The Labute approximate surface area is 152 Å². The van der Waals surface area contributed by atoms with Gasteiger partial charge in [-0.15, -0.1) is 0 Å². The summed E-state index contributed by atoms with van der Waals surface area (Å²) in [5, 5.41) is 0. The Morgan fingerprint density at radius 1 is 0.800 bits per heavy atom. The lowest BCUT2D eigenvalue weighted by atomic mass is 10.2. The molecule has 2 aromatic carbocycles.